The van der Waals surface area contributed by atoms with Crippen LogP contribution in [0.15, 0.2) is 36.4 Å². The molecule has 2 rings (SSSR count). The van der Waals surface area contributed by atoms with E-state index in [9.17, 15) is 15.0 Å². The van der Waals surface area contributed by atoms with Crippen molar-refractivity contribution in [1.82, 2.24) is 0 Å². The molecule has 0 fully saturated rings. The van der Waals surface area contributed by atoms with Gasteiger partial charge < -0.3 is 14.9 Å². The van der Waals surface area contributed by atoms with E-state index in [1.807, 2.05) is 34.7 Å². The molecule has 4 nitrogen and oxygen atoms in total. The van der Waals surface area contributed by atoms with Gasteiger partial charge in [-0.25, -0.2) is 4.79 Å². The molecule has 28 heavy (non-hydrogen) atoms. The highest BCUT2D eigenvalue weighted by Crippen LogP contribution is 2.33. The van der Waals surface area contributed by atoms with Crippen molar-refractivity contribution in [1.29, 1.82) is 0 Å². The third-order valence-electron chi connectivity index (χ3n) is 4.78. The van der Waals surface area contributed by atoms with Gasteiger partial charge in [0.25, 0.3) is 0 Å². The predicted molar refractivity (Wildman–Crippen MR) is 120 cm³/mol. The van der Waals surface area contributed by atoms with Crippen LogP contribution in [0.1, 0.15) is 73.4 Å². The standard InChI is InChI=1S/C23H29IO4/c1-2-3-4-5-6-7-8-9-17-10-12-18(13-11-17)16-28-23(27)19-14-15-20(24)22(26)21(19)25/h10-15,25-26H,2-9,16H2,1H3. The monoisotopic (exact) mass is 496 g/mol. The number of phenolic OH excluding ortho intramolecular Hbond substituents is 2. The largest absolute Gasteiger partial charge is 0.504 e. The van der Waals surface area contributed by atoms with Crippen molar-refractivity contribution < 1.29 is 19.7 Å². The van der Waals surface area contributed by atoms with E-state index < -0.39 is 11.7 Å². The average Bonchev–Trinajstić information content (AvgIpc) is 2.70. The maximum absolute atomic E-state index is 12.1. The number of esters is 1. The molecule has 2 aromatic rings. The first-order valence-electron chi connectivity index (χ1n) is 9.98. The van der Waals surface area contributed by atoms with Crippen LogP contribution in [-0.4, -0.2) is 16.2 Å². The van der Waals surface area contributed by atoms with Crippen LogP contribution in [-0.2, 0) is 17.8 Å². The Bertz CT molecular complexity index is 756. The van der Waals surface area contributed by atoms with E-state index in [4.69, 9.17) is 4.74 Å². The Labute approximate surface area is 181 Å². The molecular formula is C23H29IO4. The lowest BCUT2D eigenvalue weighted by molar-refractivity contribution is 0.0468. The number of carbonyl (C=O) groups is 1. The Morgan fingerprint density at radius 2 is 1.46 bits per heavy atom. The van der Waals surface area contributed by atoms with Gasteiger partial charge in [-0.1, -0.05) is 69.7 Å². The molecule has 0 radical (unpaired) electrons. The number of carbonyl (C=O) groups excluding carboxylic acids is 1. The van der Waals surface area contributed by atoms with Crippen LogP contribution in [0.3, 0.4) is 0 Å². The number of unbranched alkanes of at least 4 members (excludes halogenated alkanes) is 6. The summed E-state index contributed by atoms with van der Waals surface area (Å²) in [4.78, 5) is 12.1. The number of aryl methyl sites for hydroxylation is 1. The molecule has 0 bridgehead atoms. The molecule has 152 valence electrons. The lowest BCUT2D eigenvalue weighted by Crippen LogP contribution is -2.06. The first-order valence-corrected chi connectivity index (χ1v) is 11.1. The first kappa shape index (κ1) is 22.5. The number of phenols is 2. The Hall–Kier alpha value is -1.76. The van der Waals surface area contributed by atoms with E-state index in [1.54, 1.807) is 6.07 Å². The average molecular weight is 496 g/mol. The molecule has 0 aliphatic carbocycles. The minimum absolute atomic E-state index is 0.0338. The van der Waals surface area contributed by atoms with E-state index in [0.717, 1.165) is 12.0 Å². The lowest BCUT2D eigenvalue weighted by atomic mass is 10.0. The summed E-state index contributed by atoms with van der Waals surface area (Å²) < 4.78 is 5.74. The smallest absolute Gasteiger partial charge is 0.342 e. The molecule has 0 amide bonds. The minimum Gasteiger partial charge on any atom is -0.504 e. The third-order valence-corrected chi connectivity index (χ3v) is 5.65. The van der Waals surface area contributed by atoms with Gasteiger partial charge in [0.15, 0.2) is 11.5 Å². The van der Waals surface area contributed by atoms with E-state index in [2.05, 4.69) is 19.1 Å². The topological polar surface area (TPSA) is 66.8 Å². The summed E-state index contributed by atoms with van der Waals surface area (Å²) in [5.74, 6) is -1.40. The lowest BCUT2D eigenvalue weighted by Gasteiger charge is -2.09. The van der Waals surface area contributed by atoms with Crippen molar-refractivity contribution in [2.24, 2.45) is 0 Å². The first-order chi connectivity index (χ1) is 13.5. The molecule has 0 saturated carbocycles. The van der Waals surface area contributed by atoms with Crippen molar-refractivity contribution >= 4 is 28.6 Å². The van der Waals surface area contributed by atoms with Gasteiger partial charge in [-0.05, 0) is 58.7 Å². The molecule has 0 spiro atoms. The number of aromatic hydroxyl groups is 2. The van der Waals surface area contributed by atoms with Gasteiger partial charge in [-0.3, -0.25) is 0 Å². The zero-order valence-electron chi connectivity index (χ0n) is 16.4. The summed E-state index contributed by atoms with van der Waals surface area (Å²) in [5.41, 5.74) is 2.16. The number of rotatable bonds is 11. The number of hydrogen-bond donors (Lipinski definition) is 2. The van der Waals surface area contributed by atoms with Crippen LogP contribution in [0.4, 0.5) is 0 Å². The summed E-state index contributed by atoms with van der Waals surface area (Å²) in [5, 5.41) is 19.6. The third kappa shape index (κ3) is 7.00. The second-order valence-electron chi connectivity index (χ2n) is 7.06. The van der Waals surface area contributed by atoms with Crippen molar-refractivity contribution in [3.8, 4) is 11.5 Å². The van der Waals surface area contributed by atoms with E-state index in [1.165, 1.54) is 56.6 Å². The maximum atomic E-state index is 12.1. The van der Waals surface area contributed by atoms with Crippen LogP contribution in [0.5, 0.6) is 11.5 Å². The second kappa shape index (κ2) is 11.9. The van der Waals surface area contributed by atoms with Gasteiger partial charge in [-0.15, -0.1) is 0 Å². The van der Waals surface area contributed by atoms with Crippen LogP contribution >= 0.6 is 22.6 Å². The zero-order valence-corrected chi connectivity index (χ0v) is 18.6. The quantitative estimate of drug-likeness (QED) is 0.165. The van der Waals surface area contributed by atoms with Crippen LogP contribution in [0.2, 0.25) is 0 Å². The zero-order chi connectivity index (χ0) is 20.4. The maximum Gasteiger partial charge on any atom is 0.342 e. The number of halogens is 1. The summed E-state index contributed by atoms with van der Waals surface area (Å²) in [6.07, 6.45) is 10.2. The number of ether oxygens (including phenoxy) is 1. The summed E-state index contributed by atoms with van der Waals surface area (Å²) >= 11 is 1.88. The van der Waals surface area contributed by atoms with E-state index >= 15 is 0 Å². The second-order valence-corrected chi connectivity index (χ2v) is 8.22. The van der Waals surface area contributed by atoms with Gasteiger partial charge in [0.05, 0.1) is 3.57 Å². The molecule has 5 heteroatoms. The van der Waals surface area contributed by atoms with E-state index in [0.29, 0.717) is 3.57 Å². The van der Waals surface area contributed by atoms with Gasteiger partial charge in [0, 0.05) is 0 Å². The van der Waals surface area contributed by atoms with E-state index in [-0.39, 0.29) is 17.9 Å². The van der Waals surface area contributed by atoms with Gasteiger partial charge in [0.1, 0.15) is 12.2 Å². The summed E-state index contributed by atoms with van der Waals surface area (Å²) in [6.45, 7) is 2.37. The van der Waals surface area contributed by atoms with Crippen LogP contribution in [0.25, 0.3) is 0 Å². The summed E-state index contributed by atoms with van der Waals surface area (Å²) in [7, 11) is 0. The Balaban J connectivity index is 1.75. The molecule has 2 aromatic carbocycles. The molecule has 0 aliphatic rings. The van der Waals surface area contributed by atoms with Gasteiger partial charge in [-0.2, -0.15) is 0 Å². The Morgan fingerprint density at radius 3 is 2.14 bits per heavy atom. The molecule has 0 atom stereocenters. The fourth-order valence-corrected chi connectivity index (χ4v) is 3.47. The van der Waals surface area contributed by atoms with Gasteiger partial charge >= 0.3 is 5.97 Å². The molecule has 0 unspecified atom stereocenters. The Morgan fingerprint density at radius 1 is 0.857 bits per heavy atom. The highest BCUT2D eigenvalue weighted by molar-refractivity contribution is 14.1. The Kier molecular flexibility index (Phi) is 9.61. The molecule has 0 saturated heterocycles. The molecule has 0 aromatic heterocycles. The number of hydrogen-bond acceptors (Lipinski definition) is 4. The minimum atomic E-state index is -0.656. The molecular weight excluding hydrogens is 467 g/mol. The predicted octanol–water partition coefficient (Wildman–Crippen LogP) is 6.35. The van der Waals surface area contributed by atoms with Gasteiger partial charge in [0.2, 0.25) is 0 Å². The van der Waals surface area contributed by atoms with Crippen LogP contribution < -0.4 is 0 Å². The fraction of sp³-hybridized carbons (Fsp3) is 0.435. The number of benzene rings is 2. The molecule has 2 N–H and O–H groups in total. The highest BCUT2D eigenvalue weighted by Gasteiger charge is 2.17. The highest BCUT2D eigenvalue weighted by atomic mass is 127. The fourth-order valence-electron chi connectivity index (χ4n) is 3.03. The van der Waals surface area contributed by atoms with Crippen molar-refractivity contribution in [3.05, 3.63) is 56.7 Å². The van der Waals surface area contributed by atoms with Crippen molar-refractivity contribution in [2.75, 3.05) is 0 Å². The molecule has 0 heterocycles. The normalized spacial score (nSPS) is 10.8. The van der Waals surface area contributed by atoms with Crippen molar-refractivity contribution in [2.45, 2.75) is 64.9 Å². The molecule has 0 aliphatic heterocycles. The SMILES string of the molecule is CCCCCCCCCc1ccc(COC(=O)c2ccc(I)c(O)c2O)cc1. The van der Waals surface area contributed by atoms with Crippen LogP contribution in [0, 0.1) is 3.57 Å². The summed E-state index contributed by atoms with van der Waals surface area (Å²) in [6, 6.07) is 11.1. The van der Waals surface area contributed by atoms with Crippen molar-refractivity contribution in [3.63, 3.8) is 0 Å².